The molecule has 0 aromatic heterocycles. The van der Waals surface area contributed by atoms with Gasteiger partial charge in [-0.25, -0.2) is 0 Å². The number of nitrogens with two attached hydrogens (primary N) is 1. The number of anilines is 1. The highest BCUT2D eigenvalue weighted by atomic mass is 16.6. The van der Waals surface area contributed by atoms with E-state index in [1.807, 2.05) is 0 Å². The summed E-state index contributed by atoms with van der Waals surface area (Å²) in [5.74, 6) is -0.625. The van der Waals surface area contributed by atoms with E-state index in [0.29, 0.717) is 13.0 Å². The van der Waals surface area contributed by atoms with Crippen LogP contribution in [-0.2, 0) is 4.79 Å². The van der Waals surface area contributed by atoms with Crippen LogP contribution in [0, 0.1) is 10.1 Å². The van der Waals surface area contributed by atoms with E-state index < -0.39 is 4.92 Å². The summed E-state index contributed by atoms with van der Waals surface area (Å²) in [4.78, 5) is 21.1. The van der Waals surface area contributed by atoms with Crippen molar-refractivity contribution in [1.82, 2.24) is 0 Å². The van der Waals surface area contributed by atoms with E-state index in [4.69, 9.17) is 5.73 Å². The van der Waals surface area contributed by atoms with Crippen LogP contribution in [0.3, 0.4) is 0 Å². The van der Waals surface area contributed by atoms with Gasteiger partial charge in [0.05, 0.1) is 16.7 Å². The van der Waals surface area contributed by atoms with Crippen molar-refractivity contribution in [3.8, 4) is 5.75 Å². The monoisotopic (exact) mass is 239 g/mol. The maximum Gasteiger partial charge on any atom is 0.273 e. The molecule has 0 saturated heterocycles. The first-order valence-corrected chi connectivity index (χ1v) is 5.02. The Morgan fingerprint density at radius 3 is 2.76 bits per heavy atom. The number of phenols is 1. The lowest BCUT2D eigenvalue weighted by Gasteiger charge is -2.06. The van der Waals surface area contributed by atoms with Gasteiger partial charge in [-0.05, 0) is 19.0 Å². The van der Waals surface area contributed by atoms with Crippen molar-refractivity contribution in [3.05, 3.63) is 28.3 Å². The number of carbonyl (C=O) groups excluding carboxylic acids is 1. The van der Waals surface area contributed by atoms with Gasteiger partial charge >= 0.3 is 0 Å². The van der Waals surface area contributed by atoms with E-state index in [0.717, 1.165) is 6.07 Å². The molecule has 92 valence electrons. The van der Waals surface area contributed by atoms with Crippen LogP contribution in [0.4, 0.5) is 11.4 Å². The molecule has 0 heterocycles. The van der Waals surface area contributed by atoms with E-state index in [-0.39, 0.29) is 29.5 Å². The van der Waals surface area contributed by atoms with Crippen molar-refractivity contribution < 1.29 is 14.8 Å². The van der Waals surface area contributed by atoms with Crippen molar-refractivity contribution in [3.63, 3.8) is 0 Å². The second kappa shape index (κ2) is 5.80. The second-order valence-electron chi connectivity index (χ2n) is 3.40. The average molecular weight is 239 g/mol. The fraction of sp³-hybridized carbons (Fsp3) is 0.300. The maximum atomic E-state index is 11.3. The van der Waals surface area contributed by atoms with Gasteiger partial charge in [0.25, 0.3) is 5.69 Å². The first kappa shape index (κ1) is 12.9. The topological polar surface area (TPSA) is 118 Å². The molecule has 1 aromatic rings. The Morgan fingerprint density at radius 1 is 1.53 bits per heavy atom. The minimum absolute atomic E-state index is 0.151. The molecule has 7 nitrogen and oxygen atoms in total. The lowest BCUT2D eigenvalue weighted by atomic mass is 10.2. The van der Waals surface area contributed by atoms with Gasteiger partial charge < -0.3 is 16.2 Å². The van der Waals surface area contributed by atoms with Gasteiger partial charge in [0.2, 0.25) is 5.91 Å². The van der Waals surface area contributed by atoms with Crippen LogP contribution < -0.4 is 11.1 Å². The van der Waals surface area contributed by atoms with Crippen LogP contribution in [0.2, 0.25) is 0 Å². The standard InChI is InChI=1S/C10H13N3O4/c11-5-1-2-10(15)12-8-4-3-7(13(16)17)6-9(8)14/h3-4,6,14H,1-2,5,11H2,(H,12,15). The van der Waals surface area contributed by atoms with E-state index in [1.54, 1.807) is 0 Å². The van der Waals surface area contributed by atoms with Gasteiger partial charge in [0.1, 0.15) is 5.75 Å². The van der Waals surface area contributed by atoms with Crippen LogP contribution in [0.1, 0.15) is 12.8 Å². The number of aromatic hydroxyl groups is 1. The first-order chi connectivity index (χ1) is 8.04. The summed E-state index contributed by atoms with van der Waals surface area (Å²) in [5, 5.41) is 22.3. The Bertz CT molecular complexity index is 434. The third-order valence-corrected chi connectivity index (χ3v) is 2.07. The number of rotatable bonds is 5. The van der Waals surface area contributed by atoms with Crippen LogP contribution in [-0.4, -0.2) is 22.5 Å². The summed E-state index contributed by atoms with van der Waals surface area (Å²) in [7, 11) is 0. The van der Waals surface area contributed by atoms with Crippen LogP contribution in [0.25, 0.3) is 0 Å². The third-order valence-electron chi connectivity index (χ3n) is 2.07. The molecular formula is C10H13N3O4. The van der Waals surface area contributed by atoms with Crippen LogP contribution in [0.5, 0.6) is 5.75 Å². The Balaban J connectivity index is 2.72. The van der Waals surface area contributed by atoms with Crippen molar-refractivity contribution in [1.29, 1.82) is 0 Å². The summed E-state index contributed by atoms with van der Waals surface area (Å²) in [6.07, 6.45) is 0.784. The molecule has 0 aliphatic heterocycles. The van der Waals surface area contributed by atoms with Crippen LogP contribution in [0.15, 0.2) is 18.2 Å². The molecule has 0 bridgehead atoms. The highest BCUT2D eigenvalue weighted by molar-refractivity contribution is 5.92. The van der Waals surface area contributed by atoms with Crippen molar-refractivity contribution in [2.45, 2.75) is 12.8 Å². The largest absolute Gasteiger partial charge is 0.506 e. The second-order valence-corrected chi connectivity index (χ2v) is 3.40. The van der Waals surface area contributed by atoms with Crippen molar-refractivity contribution in [2.24, 2.45) is 5.73 Å². The molecule has 0 aliphatic carbocycles. The zero-order valence-electron chi connectivity index (χ0n) is 9.05. The smallest absolute Gasteiger partial charge is 0.273 e. The molecule has 0 spiro atoms. The van der Waals surface area contributed by atoms with E-state index in [2.05, 4.69) is 5.32 Å². The first-order valence-electron chi connectivity index (χ1n) is 5.02. The maximum absolute atomic E-state index is 11.3. The minimum Gasteiger partial charge on any atom is -0.506 e. The number of carbonyl (C=O) groups is 1. The van der Waals surface area contributed by atoms with E-state index >= 15 is 0 Å². The molecule has 1 amide bonds. The van der Waals surface area contributed by atoms with Gasteiger partial charge in [-0.3, -0.25) is 14.9 Å². The molecule has 0 atom stereocenters. The predicted molar refractivity (Wildman–Crippen MR) is 61.7 cm³/mol. The predicted octanol–water partition coefficient (Wildman–Crippen LogP) is 0.978. The average Bonchev–Trinajstić information content (AvgIpc) is 2.28. The Kier molecular flexibility index (Phi) is 4.41. The number of hydrogen-bond acceptors (Lipinski definition) is 5. The molecule has 0 aliphatic rings. The molecule has 0 saturated carbocycles. The Hall–Kier alpha value is -2.15. The number of nitro benzene ring substituents is 1. The summed E-state index contributed by atoms with van der Waals surface area (Å²) < 4.78 is 0. The van der Waals surface area contributed by atoms with Gasteiger partial charge in [0.15, 0.2) is 0 Å². The molecule has 1 aromatic carbocycles. The molecule has 0 unspecified atom stereocenters. The quantitative estimate of drug-likeness (QED) is 0.402. The lowest BCUT2D eigenvalue weighted by molar-refractivity contribution is -0.384. The number of nitro groups is 1. The third kappa shape index (κ3) is 3.72. The van der Waals surface area contributed by atoms with Crippen LogP contribution >= 0.6 is 0 Å². The minimum atomic E-state index is -0.625. The zero-order valence-corrected chi connectivity index (χ0v) is 9.05. The van der Waals surface area contributed by atoms with E-state index in [9.17, 15) is 20.0 Å². The summed E-state index contributed by atoms with van der Waals surface area (Å²) in [6.45, 7) is 0.402. The zero-order chi connectivity index (χ0) is 12.8. The molecule has 0 radical (unpaired) electrons. The summed E-state index contributed by atoms with van der Waals surface area (Å²) in [6, 6.07) is 3.48. The highest BCUT2D eigenvalue weighted by Crippen LogP contribution is 2.27. The SMILES string of the molecule is NCCCC(=O)Nc1ccc([N+](=O)[O-])cc1O. The van der Waals surface area contributed by atoms with Gasteiger partial charge in [0, 0.05) is 12.5 Å². The Labute approximate surface area is 97.4 Å². The molecular weight excluding hydrogens is 226 g/mol. The fourth-order valence-electron chi connectivity index (χ4n) is 1.21. The van der Waals surface area contributed by atoms with Gasteiger partial charge in [-0.15, -0.1) is 0 Å². The molecule has 7 heteroatoms. The molecule has 0 fully saturated rings. The number of hydrogen-bond donors (Lipinski definition) is 3. The Morgan fingerprint density at radius 2 is 2.24 bits per heavy atom. The molecule has 4 N–H and O–H groups in total. The fourth-order valence-corrected chi connectivity index (χ4v) is 1.21. The number of nitrogens with one attached hydrogen (secondary N) is 1. The number of amides is 1. The highest BCUT2D eigenvalue weighted by Gasteiger charge is 2.11. The summed E-state index contributed by atoms with van der Waals surface area (Å²) in [5.41, 5.74) is 5.17. The van der Waals surface area contributed by atoms with E-state index in [1.165, 1.54) is 12.1 Å². The molecule has 17 heavy (non-hydrogen) atoms. The number of non-ortho nitro benzene ring substituents is 1. The summed E-state index contributed by atoms with van der Waals surface area (Å²) >= 11 is 0. The normalized spacial score (nSPS) is 9.94. The molecule has 1 rings (SSSR count). The van der Waals surface area contributed by atoms with Gasteiger partial charge in [-0.2, -0.15) is 0 Å². The number of nitrogens with zero attached hydrogens (tertiary/aromatic N) is 1. The lowest BCUT2D eigenvalue weighted by Crippen LogP contribution is -2.13. The number of phenolic OH excluding ortho intramolecular Hbond substituents is 1. The van der Waals surface area contributed by atoms with Crippen molar-refractivity contribution in [2.75, 3.05) is 11.9 Å². The van der Waals surface area contributed by atoms with Crippen molar-refractivity contribution >= 4 is 17.3 Å². The van der Waals surface area contributed by atoms with Gasteiger partial charge in [-0.1, -0.05) is 0 Å². The number of benzene rings is 1.